The maximum absolute atomic E-state index is 12.5. The van der Waals surface area contributed by atoms with Crippen LogP contribution in [0, 0.1) is 6.92 Å². The van der Waals surface area contributed by atoms with E-state index in [2.05, 4.69) is 5.32 Å². The van der Waals surface area contributed by atoms with Gasteiger partial charge in [0.2, 0.25) is 11.6 Å². The number of benzene rings is 1. The van der Waals surface area contributed by atoms with E-state index in [-0.39, 0.29) is 23.3 Å². The minimum Gasteiger partial charge on any atom is -0.450 e. The Morgan fingerprint density at radius 2 is 1.75 bits per heavy atom. The third kappa shape index (κ3) is 2.12. The van der Waals surface area contributed by atoms with Gasteiger partial charge in [0.1, 0.15) is 5.76 Å². The van der Waals surface area contributed by atoms with Crippen LogP contribution in [0.25, 0.3) is 11.3 Å². The van der Waals surface area contributed by atoms with Gasteiger partial charge in [0.15, 0.2) is 5.76 Å². The first-order valence-corrected chi connectivity index (χ1v) is 8.20. The van der Waals surface area contributed by atoms with Crippen molar-refractivity contribution >= 4 is 17.5 Å². The first kappa shape index (κ1) is 14.9. The summed E-state index contributed by atoms with van der Waals surface area (Å²) < 4.78 is 5.77. The summed E-state index contributed by atoms with van der Waals surface area (Å²) >= 11 is 0. The highest BCUT2D eigenvalue weighted by Gasteiger charge is 2.37. The third-order valence-corrected chi connectivity index (χ3v) is 4.89. The Hall–Kier alpha value is -2.69. The third-order valence-electron chi connectivity index (χ3n) is 4.89. The second kappa shape index (κ2) is 5.44. The molecule has 0 aliphatic heterocycles. The molecule has 5 heteroatoms. The fourth-order valence-corrected chi connectivity index (χ4v) is 3.63. The average Bonchev–Trinajstić information content (AvgIpc) is 3.20. The average molecular weight is 323 g/mol. The van der Waals surface area contributed by atoms with Gasteiger partial charge in [-0.25, -0.2) is 0 Å². The summed E-state index contributed by atoms with van der Waals surface area (Å²) in [6.45, 7) is 1.66. The van der Waals surface area contributed by atoms with Gasteiger partial charge in [-0.2, -0.15) is 0 Å². The Labute approximate surface area is 139 Å². The molecule has 122 valence electrons. The maximum Gasteiger partial charge on any atom is 0.287 e. The second-order valence-corrected chi connectivity index (χ2v) is 6.42. The smallest absolute Gasteiger partial charge is 0.287 e. The van der Waals surface area contributed by atoms with Crippen molar-refractivity contribution in [3.05, 3.63) is 46.7 Å². The molecular weight excluding hydrogens is 306 g/mol. The molecule has 1 amide bonds. The lowest BCUT2D eigenvalue weighted by atomic mass is 9.87. The van der Waals surface area contributed by atoms with E-state index in [0.717, 1.165) is 25.7 Å². The zero-order valence-electron chi connectivity index (χ0n) is 13.3. The van der Waals surface area contributed by atoms with Crippen LogP contribution in [-0.4, -0.2) is 23.5 Å². The Kier molecular flexibility index (Phi) is 3.37. The van der Waals surface area contributed by atoms with Crippen LogP contribution in [0.1, 0.15) is 62.5 Å². The SMILES string of the molecule is Cc1c(C(=O)NC2CCCC2)oc2c1C(=O)C(=O)c1ccccc1-2. The van der Waals surface area contributed by atoms with E-state index in [9.17, 15) is 14.4 Å². The Balaban J connectivity index is 1.79. The van der Waals surface area contributed by atoms with Crippen LogP contribution < -0.4 is 5.32 Å². The summed E-state index contributed by atoms with van der Waals surface area (Å²) in [5.41, 5.74) is 1.55. The molecule has 2 aliphatic rings. The van der Waals surface area contributed by atoms with Crippen molar-refractivity contribution in [3.8, 4) is 11.3 Å². The van der Waals surface area contributed by atoms with Crippen molar-refractivity contribution in [1.82, 2.24) is 5.32 Å². The lowest BCUT2D eigenvalue weighted by molar-refractivity contribution is 0.0814. The van der Waals surface area contributed by atoms with Crippen molar-refractivity contribution in [2.24, 2.45) is 0 Å². The number of carbonyl (C=O) groups is 3. The summed E-state index contributed by atoms with van der Waals surface area (Å²) in [5, 5.41) is 2.97. The van der Waals surface area contributed by atoms with Crippen LogP contribution in [0.4, 0.5) is 0 Å². The standard InChI is InChI=1S/C19H17NO4/c1-10-14-16(22)15(21)12-8-4-5-9-13(12)18(14)24-17(10)19(23)20-11-6-2-3-7-11/h4-5,8-9,11H,2-3,6-7H2,1H3,(H,20,23). The molecule has 0 saturated heterocycles. The van der Waals surface area contributed by atoms with E-state index in [1.54, 1.807) is 31.2 Å². The molecule has 2 aromatic rings. The molecule has 4 rings (SSSR count). The number of hydrogen-bond acceptors (Lipinski definition) is 4. The first-order valence-electron chi connectivity index (χ1n) is 8.20. The number of ketones is 2. The highest BCUT2D eigenvalue weighted by Crippen LogP contribution is 2.38. The van der Waals surface area contributed by atoms with Crippen molar-refractivity contribution < 1.29 is 18.8 Å². The van der Waals surface area contributed by atoms with Crippen molar-refractivity contribution in [2.45, 2.75) is 38.6 Å². The van der Waals surface area contributed by atoms with Crippen LogP contribution >= 0.6 is 0 Å². The van der Waals surface area contributed by atoms with Gasteiger partial charge in [-0.15, -0.1) is 0 Å². The highest BCUT2D eigenvalue weighted by molar-refractivity contribution is 6.53. The molecule has 0 bridgehead atoms. The number of fused-ring (bicyclic) bond motifs is 3. The van der Waals surface area contributed by atoms with E-state index in [4.69, 9.17) is 4.42 Å². The molecule has 1 fully saturated rings. The molecule has 0 atom stereocenters. The maximum atomic E-state index is 12.5. The van der Waals surface area contributed by atoms with Crippen molar-refractivity contribution in [2.75, 3.05) is 0 Å². The topological polar surface area (TPSA) is 76.4 Å². The lowest BCUT2D eigenvalue weighted by Gasteiger charge is -2.12. The van der Waals surface area contributed by atoms with Gasteiger partial charge >= 0.3 is 0 Å². The summed E-state index contributed by atoms with van der Waals surface area (Å²) in [6.07, 6.45) is 4.15. The van der Waals surface area contributed by atoms with Gasteiger partial charge in [-0.3, -0.25) is 14.4 Å². The Bertz CT molecular complexity index is 871. The lowest BCUT2D eigenvalue weighted by Crippen LogP contribution is -2.32. The van der Waals surface area contributed by atoms with Crippen LogP contribution in [0.5, 0.6) is 0 Å². The Morgan fingerprint density at radius 3 is 2.46 bits per heavy atom. The van der Waals surface area contributed by atoms with E-state index in [0.29, 0.717) is 22.5 Å². The normalized spacial score (nSPS) is 16.9. The fourth-order valence-electron chi connectivity index (χ4n) is 3.63. The number of carbonyl (C=O) groups excluding carboxylic acids is 3. The molecule has 2 aliphatic carbocycles. The number of Topliss-reactive ketones (excluding diaryl/α,β-unsaturated/α-hetero) is 2. The summed E-state index contributed by atoms with van der Waals surface area (Å²) in [7, 11) is 0. The van der Waals surface area contributed by atoms with Gasteiger partial charge in [0.05, 0.1) is 5.56 Å². The number of furan rings is 1. The van der Waals surface area contributed by atoms with E-state index < -0.39 is 11.6 Å². The number of rotatable bonds is 2. The molecule has 1 saturated carbocycles. The molecule has 0 unspecified atom stereocenters. The van der Waals surface area contributed by atoms with Crippen LogP contribution in [0.3, 0.4) is 0 Å². The molecule has 0 spiro atoms. The van der Waals surface area contributed by atoms with Gasteiger partial charge in [-0.1, -0.05) is 37.1 Å². The highest BCUT2D eigenvalue weighted by atomic mass is 16.4. The largest absolute Gasteiger partial charge is 0.450 e. The van der Waals surface area contributed by atoms with Crippen molar-refractivity contribution in [1.29, 1.82) is 0 Å². The first-order chi connectivity index (χ1) is 11.6. The molecule has 1 aromatic carbocycles. The fraction of sp³-hybridized carbons (Fsp3) is 0.316. The molecule has 5 nitrogen and oxygen atoms in total. The van der Waals surface area contributed by atoms with Crippen molar-refractivity contribution in [3.63, 3.8) is 0 Å². The van der Waals surface area contributed by atoms with E-state index >= 15 is 0 Å². The minimum absolute atomic E-state index is 0.129. The van der Waals surface area contributed by atoms with Crippen LogP contribution in [-0.2, 0) is 0 Å². The number of nitrogens with one attached hydrogen (secondary N) is 1. The second-order valence-electron chi connectivity index (χ2n) is 6.42. The van der Waals surface area contributed by atoms with Gasteiger partial charge < -0.3 is 9.73 Å². The molecule has 0 radical (unpaired) electrons. The molecule has 1 heterocycles. The van der Waals surface area contributed by atoms with Crippen LogP contribution in [0.15, 0.2) is 28.7 Å². The predicted molar refractivity (Wildman–Crippen MR) is 87.3 cm³/mol. The van der Waals surface area contributed by atoms with Gasteiger partial charge in [0.25, 0.3) is 5.91 Å². The molecule has 1 aromatic heterocycles. The summed E-state index contributed by atoms with van der Waals surface area (Å²) in [5.74, 6) is -1.02. The van der Waals surface area contributed by atoms with Gasteiger partial charge in [-0.05, 0) is 19.8 Å². The molecule has 1 N–H and O–H groups in total. The Morgan fingerprint density at radius 1 is 1.08 bits per heavy atom. The zero-order chi connectivity index (χ0) is 16.8. The van der Waals surface area contributed by atoms with E-state index in [1.807, 2.05) is 0 Å². The molecular formula is C19H17NO4. The molecule has 24 heavy (non-hydrogen) atoms. The quantitative estimate of drug-likeness (QED) is 0.860. The number of amides is 1. The van der Waals surface area contributed by atoms with Crippen LogP contribution in [0.2, 0.25) is 0 Å². The summed E-state index contributed by atoms with van der Waals surface area (Å²) in [4.78, 5) is 37.3. The van der Waals surface area contributed by atoms with E-state index in [1.165, 1.54) is 0 Å². The zero-order valence-corrected chi connectivity index (χ0v) is 13.3. The minimum atomic E-state index is -0.607. The predicted octanol–water partition coefficient (Wildman–Crippen LogP) is 3.31. The summed E-state index contributed by atoms with van der Waals surface area (Å²) in [6, 6.07) is 6.98. The number of hydrogen-bond donors (Lipinski definition) is 1. The monoisotopic (exact) mass is 323 g/mol. The van der Waals surface area contributed by atoms with Gasteiger partial charge in [0, 0.05) is 22.7 Å².